The van der Waals surface area contributed by atoms with E-state index >= 15 is 0 Å². The smallest absolute Gasteiger partial charge is 0.329 e. The van der Waals surface area contributed by atoms with Gasteiger partial charge in [0.1, 0.15) is 0 Å². The Kier molecular flexibility index (Phi) is 5.73. The number of morpholine rings is 1. The van der Waals surface area contributed by atoms with Crippen LogP contribution in [0.5, 0.6) is 0 Å². The molecule has 1 fully saturated rings. The molecular weight excluding hydrogens is 268 g/mol. The molecule has 2 N–H and O–H groups in total. The quantitative estimate of drug-likeness (QED) is 0.793. The number of hydrogen-bond donors (Lipinski definition) is 2. The summed E-state index contributed by atoms with van der Waals surface area (Å²) in [5.74, 6) is -0.825. The van der Waals surface area contributed by atoms with Gasteiger partial charge in [0.15, 0.2) is 5.54 Å². The molecule has 0 amide bonds. The van der Waals surface area contributed by atoms with Gasteiger partial charge in [-0.25, -0.2) is 4.79 Å². The number of rotatable bonds is 7. The van der Waals surface area contributed by atoms with E-state index in [1.807, 2.05) is 37.3 Å². The molecular formula is C16H24N2O3. The molecule has 5 nitrogen and oxygen atoms in total. The van der Waals surface area contributed by atoms with Crippen molar-refractivity contribution in [1.82, 2.24) is 10.2 Å². The highest BCUT2D eigenvalue weighted by Crippen LogP contribution is 2.24. The highest BCUT2D eigenvalue weighted by atomic mass is 16.5. The van der Waals surface area contributed by atoms with Crippen LogP contribution in [-0.4, -0.2) is 55.4 Å². The van der Waals surface area contributed by atoms with Crippen molar-refractivity contribution in [2.45, 2.75) is 18.9 Å². The van der Waals surface area contributed by atoms with Crippen molar-refractivity contribution in [3.63, 3.8) is 0 Å². The Morgan fingerprint density at radius 1 is 1.33 bits per heavy atom. The Morgan fingerprint density at radius 2 is 2.00 bits per heavy atom. The van der Waals surface area contributed by atoms with E-state index in [0.717, 1.165) is 25.1 Å². The summed E-state index contributed by atoms with van der Waals surface area (Å²) in [6.45, 7) is 6.04. The zero-order valence-electron chi connectivity index (χ0n) is 12.5. The highest BCUT2D eigenvalue weighted by molar-refractivity contribution is 5.81. The van der Waals surface area contributed by atoms with E-state index in [1.165, 1.54) is 0 Å². The summed E-state index contributed by atoms with van der Waals surface area (Å²) in [7, 11) is 0. The molecule has 1 heterocycles. The van der Waals surface area contributed by atoms with E-state index in [-0.39, 0.29) is 0 Å². The minimum absolute atomic E-state index is 0.454. The maximum absolute atomic E-state index is 12.1. The molecule has 5 heteroatoms. The van der Waals surface area contributed by atoms with E-state index in [2.05, 4.69) is 10.2 Å². The lowest BCUT2D eigenvalue weighted by Crippen LogP contribution is -2.58. The summed E-state index contributed by atoms with van der Waals surface area (Å²) in [4.78, 5) is 14.2. The molecule has 0 bridgehead atoms. The first-order valence-corrected chi connectivity index (χ1v) is 7.53. The number of benzene rings is 1. The van der Waals surface area contributed by atoms with Crippen LogP contribution in [0.1, 0.15) is 18.9 Å². The minimum atomic E-state index is -1.06. The molecule has 1 aliphatic heterocycles. The van der Waals surface area contributed by atoms with Crippen LogP contribution in [0.2, 0.25) is 0 Å². The van der Waals surface area contributed by atoms with E-state index in [9.17, 15) is 9.90 Å². The molecule has 0 radical (unpaired) electrons. The fraction of sp³-hybridized carbons (Fsp3) is 0.562. The van der Waals surface area contributed by atoms with Gasteiger partial charge in [-0.3, -0.25) is 10.2 Å². The van der Waals surface area contributed by atoms with Crippen LogP contribution in [0.25, 0.3) is 0 Å². The molecule has 0 aromatic heterocycles. The Labute approximate surface area is 125 Å². The van der Waals surface area contributed by atoms with Crippen LogP contribution in [0.4, 0.5) is 0 Å². The summed E-state index contributed by atoms with van der Waals surface area (Å²) < 4.78 is 5.35. The maximum Gasteiger partial charge on any atom is 0.329 e. The zero-order chi connectivity index (χ0) is 15.1. The van der Waals surface area contributed by atoms with Gasteiger partial charge in [0.25, 0.3) is 0 Å². The van der Waals surface area contributed by atoms with Crippen molar-refractivity contribution < 1.29 is 14.6 Å². The second-order valence-electron chi connectivity index (χ2n) is 5.39. The number of nitrogens with zero attached hydrogens (tertiary/aromatic N) is 1. The van der Waals surface area contributed by atoms with Crippen molar-refractivity contribution in [3.05, 3.63) is 35.9 Å². The van der Waals surface area contributed by atoms with E-state index in [1.54, 1.807) is 0 Å². The van der Waals surface area contributed by atoms with Crippen molar-refractivity contribution in [2.24, 2.45) is 0 Å². The number of carboxylic acid groups (broad SMARTS) is 1. The number of ether oxygens (including phenoxy) is 1. The molecule has 2 rings (SSSR count). The fourth-order valence-corrected chi connectivity index (χ4v) is 2.67. The molecule has 0 saturated carbocycles. The van der Waals surface area contributed by atoms with E-state index in [4.69, 9.17) is 4.74 Å². The van der Waals surface area contributed by atoms with Crippen LogP contribution in [0.15, 0.2) is 30.3 Å². The van der Waals surface area contributed by atoms with Crippen LogP contribution in [0.3, 0.4) is 0 Å². The normalized spacial score (nSPS) is 19.1. The molecule has 1 aromatic carbocycles. The Hall–Kier alpha value is -1.43. The van der Waals surface area contributed by atoms with Gasteiger partial charge in [0.2, 0.25) is 0 Å². The van der Waals surface area contributed by atoms with Crippen molar-refractivity contribution >= 4 is 5.97 Å². The minimum Gasteiger partial charge on any atom is -0.480 e. The monoisotopic (exact) mass is 292 g/mol. The Balaban J connectivity index is 2.28. The molecule has 1 aliphatic rings. The third-order valence-electron chi connectivity index (χ3n) is 3.87. The number of aliphatic carboxylic acids is 1. The summed E-state index contributed by atoms with van der Waals surface area (Å²) in [5, 5.41) is 13.2. The number of nitrogens with one attached hydrogen (secondary N) is 1. The number of carbonyl (C=O) groups is 1. The predicted octanol–water partition coefficient (Wildman–Crippen LogP) is 1.30. The molecule has 0 aliphatic carbocycles. The van der Waals surface area contributed by atoms with Gasteiger partial charge in [-0.15, -0.1) is 0 Å². The molecule has 0 spiro atoms. The molecule has 1 saturated heterocycles. The lowest BCUT2D eigenvalue weighted by molar-refractivity contribution is -0.147. The van der Waals surface area contributed by atoms with Gasteiger partial charge in [-0.05, 0) is 18.5 Å². The third kappa shape index (κ3) is 3.81. The highest BCUT2D eigenvalue weighted by Gasteiger charge is 2.41. The van der Waals surface area contributed by atoms with Gasteiger partial charge in [-0.2, -0.15) is 0 Å². The average Bonchev–Trinajstić information content (AvgIpc) is 2.53. The second-order valence-corrected chi connectivity index (χ2v) is 5.39. The van der Waals surface area contributed by atoms with E-state index in [0.29, 0.717) is 26.3 Å². The number of carboxylic acids is 1. The lowest BCUT2D eigenvalue weighted by atomic mass is 9.88. The van der Waals surface area contributed by atoms with Crippen LogP contribution in [0, 0.1) is 0 Å². The summed E-state index contributed by atoms with van der Waals surface area (Å²) >= 11 is 0. The largest absolute Gasteiger partial charge is 0.480 e. The van der Waals surface area contributed by atoms with Gasteiger partial charge in [0.05, 0.1) is 13.2 Å². The molecule has 1 unspecified atom stereocenters. The second kappa shape index (κ2) is 7.54. The van der Waals surface area contributed by atoms with Crippen LogP contribution >= 0.6 is 0 Å². The maximum atomic E-state index is 12.1. The Bertz CT molecular complexity index is 446. The molecule has 1 atom stereocenters. The molecule has 1 aromatic rings. The summed E-state index contributed by atoms with van der Waals surface area (Å²) in [6, 6.07) is 9.46. The number of hydrogen-bond acceptors (Lipinski definition) is 4. The predicted molar refractivity (Wildman–Crippen MR) is 81.3 cm³/mol. The SMILES string of the molecule is CCCNC(CN1CCOCC1)(C(=O)O)c1ccccc1. The standard InChI is InChI=1S/C16H24N2O3/c1-2-8-17-16(15(19)20,14-6-4-3-5-7-14)13-18-9-11-21-12-10-18/h3-7,17H,2,8-13H2,1H3,(H,19,20). The van der Waals surface area contributed by atoms with Crippen molar-refractivity contribution in [1.29, 1.82) is 0 Å². The van der Waals surface area contributed by atoms with Gasteiger partial charge in [-0.1, -0.05) is 37.3 Å². The summed E-state index contributed by atoms with van der Waals surface area (Å²) in [5.41, 5.74) is -0.258. The van der Waals surface area contributed by atoms with Crippen molar-refractivity contribution in [3.8, 4) is 0 Å². The van der Waals surface area contributed by atoms with Gasteiger partial charge in [0, 0.05) is 19.6 Å². The van der Waals surface area contributed by atoms with Crippen LogP contribution < -0.4 is 5.32 Å². The first-order valence-electron chi connectivity index (χ1n) is 7.53. The third-order valence-corrected chi connectivity index (χ3v) is 3.87. The van der Waals surface area contributed by atoms with E-state index < -0.39 is 11.5 Å². The first kappa shape index (κ1) is 15.9. The fourth-order valence-electron chi connectivity index (χ4n) is 2.67. The lowest BCUT2D eigenvalue weighted by Gasteiger charge is -2.37. The summed E-state index contributed by atoms with van der Waals surface area (Å²) in [6.07, 6.45) is 0.894. The topological polar surface area (TPSA) is 61.8 Å². The first-order chi connectivity index (χ1) is 10.2. The van der Waals surface area contributed by atoms with Crippen LogP contribution in [-0.2, 0) is 15.1 Å². The van der Waals surface area contributed by atoms with Crippen molar-refractivity contribution in [2.75, 3.05) is 39.4 Å². The van der Waals surface area contributed by atoms with Gasteiger partial charge < -0.3 is 9.84 Å². The Morgan fingerprint density at radius 3 is 2.57 bits per heavy atom. The van der Waals surface area contributed by atoms with Gasteiger partial charge >= 0.3 is 5.97 Å². The molecule has 21 heavy (non-hydrogen) atoms. The average molecular weight is 292 g/mol. The molecule has 116 valence electrons. The zero-order valence-corrected chi connectivity index (χ0v) is 12.5.